The van der Waals surface area contributed by atoms with Crippen LogP contribution in [0.25, 0.3) is 0 Å². The molecule has 2 heterocycles. The van der Waals surface area contributed by atoms with Crippen molar-refractivity contribution in [2.75, 3.05) is 18.4 Å². The quantitative estimate of drug-likeness (QED) is 0.781. The second kappa shape index (κ2) is 5.60. The van der Waals surface area contributed by atoms with Gasteiger partial charge in [-0.3, -0.25) is 9.78 Å². The molecular weight excluding hydrogens is 284 g/mol. The third-order valence-corrected chi connectivity index (χ3v) is 3.39. The predicted molar refractivity (Wildman–Crippen MR) is 68.3 cm³/mol. The van der Waals surface area contributed by atoms with E-state index in [1.807, 2.05) is 17.9 Å². The highest BCUT2D eigenvalue weighted by Crippen LogP contribution is 2.15. The van der Waals surface area contributed by atoms with E-state index in [-0.39, 0.29) is 18.1 Å². The molecule has 1 amide bonds. The Labute approximate surface area is 109 Å². The van der Waals surface area contributed by atoms with Crippen LogP contribution in [0.3, 0.4) is 0 Å². The Bertz CT molecular complexity index is 385. The van der Waals surface area contributed by atoms with Crippen molar-refractivity contribution in [1.82, 2.24) is 9.88 Å². The fraction of sp³-hybridized carbons (Fsp3) is 0.500. The van der Waals surface area contributed by atoms with Crippen LogP contribution in [-0.2, 0) is 4.74 Å². The number of halogens is 1. The minimum Gasteiger partial charge on any atom is -0.371 e. The summed E-state index contributed by atoms with van der Waals surface area (Å²) < 4.78 is 5.69. The number of rotatable bonds is 2. The van der Waals surface area contributed by atoms with Crippen LogP contribution in [0.4, 0.5) is 0 Å². The lowest BCUT2D eigenvalue weighted by Gasteiger charge is -2.35. The van der Waals surface area contributed by atoms with Crippen LogP contribution < -0.4 is 0 Å². The van der Waals surface area contributed by atoms with Crippen molar-refractivity contribution in [2.24, 2.45) is 0 Å². The van der Waals surface area contributed by atoms with Crippen LogP contribution in [0.5, 0.6) is 0 Å². The molecule has 0 aliphatic carbocycles. The van der Waals surface area contributed by atoms with Gasteiger partial charge in [0.2, 0.25) is 0 Å². The molecule has 0 saturated carbocycles. The summed E-state index contributed by atoms with van der Waals surface area (Å²) >= 11 is 3.39. The number of aromatic nitrogens is 1. The van der Waals surface area contributed by atoms with Crippen LogP contribution in [0.15, 0.2) is 24.4 Å². The minimum absolute atomic E-state index is 0.0216. The van der Waals surface area contributed by atoms with Gasteiger partial charge in [0.1, 0.15) is 5.69 Å². The Balaban J connectivity index is 2.09. The predicted octanol–water partition coefficient (Wildman–Crippen LogP) is 1.71. The van der Waals surface area contributed by atoms with E-state index in [4.69, 9.17) is 4.74 Å². The third-order valence-electron chi connectivity index (χ3n) is 2.67. The average molecular weight is 299 g/mol. The summed E-state index contributed by atoms with van der Waals surface area (Å²) in [6.45, 7) is 3.22. The van der Waals surface area contributed by atoms with E-state index < -0.39 is 0 Å². The number of alkyl halides is 1. The topological polar surface area (TPSA) is 42.4 Å². The zero-order valence-corrected chi connectivity index (χ0v) is 11.3. The lowest BCUT2D eigenvalue weighted by Crippen LogP contribution is -2.49. The summed E-state index contributed by atoms with van der Waals surface area (Å²) in [6, 6.07) is 5.37. The SMILES string of the molecule is CC1CN(C(=O)c2ccccn2)CC(CBr)O1. The first-order chi connectivity index (χ1) is 8.20. The molecule has 1 aliphatic heterocycles. The van der Waals surface area contributed by atoms with Gasteiger partial charge in [-0.05, 0) is 19.1 Å². The van der Waals surface area contributed by atoms with Gasteiger partial charge in [-0.1, -0.05) is 22.0 Å². The van der Waals surface area contributed by atoms with Crippen molar-refractivity contribution in [3.8, 4) is 0 Å². The van der Waals surface area contributed by atoms with Gasteiger partial charge in [-0.25, -0.2) is 0 Å². The fourth-order valence-corrected chi connectivity index (χ4v) is 2.30. The molecule has 1 saturated heterocycles. The molecule has 5 heteroatoms. The summed E-state index contributed by atoms with van der Waals surface area (Å²) in [6.07, 6.45) is 1.77. The average Bonchev–Trinajstić information content (AvgIpc) is 2.38. The first-order valence-electron chi connectivity index (χ1n) is 5.62. The summed E-state index contributed by atoms with van der Waals surface area (Å²) in [5.41, 5.74) is 0.495. The largest absolute Gasteiger partial charge is 0.371 e. The molecule has 1 aromatic rings. The molecule has 1 aromatic heterocycles. The van der Waals surface area contributed by atoms with Gasteiger partial charge in [0.05, 0.1) is 12.2 Å². The molecule has 0 spiro atoms. The maximum atomic E-state index is 12.2. The van der Waals surface area contributed by atoms with Crippen LogP contribution in [-0.4, -0.2) is 46.4 Å². The normalized spacial score (nSPS) is 24.7. The minimum atomic E-state index is -0.0216. The smallest absolute Gasteiger partial charge is 0.272 e. The van der Waals surface area contributed by atoms with Crippen LogP contribution in [0.2, 0.25) is 0 Å². The molecule has 2 atom stereocenters. The van der Waals surface area contributed by atoms with Crippen molar-refractivity contribution in [3.63, 3.8) is 0 Å². The van der Waals surface area contributed by atoms with E-state index in [1.165, 1.54) is 0 Å². The van der Waals surface area contributed by atoms with Crippen molar-refractivity contribution in [3.05, 3.63) is 30.1 Å². The van der Waals surface area contributed by atoms with E-state index >= 15 is 0 Å². The highest BCUT2D eigenvalue weighted by molar-refractivity contribution is 9.09. The molecule has 92 valence electrons. The molecule has 0 N–H and O–H groups in total. The number of ether oxygens (including phenoxy) is 1. The molecule has 0 radical (unpaired) electrons. The number of carbonyl (C=O) groups excluding carboxylic acids is 1. The number of hydrogen-bond donors (Lipinski definition) is 0. The first-order valence-corrected chi connectivity index (χ1v) is 6.74. The van der Waals surface area contributed by atoms with Crippen LogP contribution in [0.1, 0.15) is 17.4 Å². The van der Waals surface area contributed by atoms with Crippen LogP contribution in [0, 0.1) is 0 Å². The number of nitrogens with zero attached hydrogens (tertiary/aromatic N) is 2. The Kier molecular flexibility index (Phi) is 4.12. The lowest BCUT2D eigenvalue weighted by atomic mass is 10.2. The second-order valence-corrected chi connectivity index (χ2v) is 4.80. The van der Waals surface area contributed by atoms with Gasteiger partial charge in [-0.15, -0.1) is 0 Å². The molecule has 2 rings (SSSR count). The van der Waals surface area contributed by atoms with Crippen molar-refractivity contribution < 1.29 is 9.53 Å². The standard InChI is InChI=1S/C12H15BrN2O2/c1-9-7-15(8-10(6-13)17-9)12(16)11-4-2-3-5-14-11/h2-5,9-10H,6-8H2,1H3. The maximum absolute atomic E-state index is 12.2. The lowest BCUT2D eigenvalue weighted by molar-refractivity contribution is -0.0561. The zero-order chi connectivity index (χ0) is 12.3. The van der Waals surface area contributed by atoms with E-state index in [9.17, 15) is 4.79 Å². The molecule has 2 unspecified atom stereocenters. The van der Waals surface area contributed by atoms with Crippen molar-refractivity contribution >= 4 is 21.8 Å². The second-order valence-electron chi connectivity index (χ2n) is 4.15. The Morgan fingerprint density at radius 1 is 1.59 bits per heavy atom. The molecule has 17 heavy (non-hydrogen) atoms. The first kappa shape index (κ1) is 12.5. The highest BCUT2D eigenvalue weighted by atomic mass is 79.9. The molecule has 0 aromatic carbocycles. The van der Waals surface area contributed by atoms with Gasteiger partial charge < -0.3 is 9.64 Å². The van der Waals surface area contributed by atoms with Gasteiger partial charge in [0.15, 0.2) is 0 Å². The van der Waals surface area contributed by atoms with Crippen molar-refractivity contribution in [2.45, 2.75) is 19.1 Å². The van der Waals surface area contributed by atoms with Gasteiger partial charge >= 0.3 is 0 Å². The third kappa shape index (κ3) is 3.04. The van der Waals surface area contributed by atoms with Gasteiger partial charge in [-0.2, -0.15) is 0 Å². The Morgan fingerprint density at radius 3 is 3.06 bits per heavy atom. The number of amides is 1. The number of pyridine rings is 1. The Morgan fingerprint density at radius 2 is 2.41 bits per heavy atom. The monoisotopic (exact) mass is 298 g/mol. The van der Waals surface area contributed by atoms with E-state index in [1.54, 1.807) is 18.3 Å². The molecule has 4 nitrogen and oxygen atoms in total. The summed E-state index contributed by atoms with van der Waals surface area (Å²) in [4.78, 5) is 18.1. The number of carbonyl (C=O) groups is 1. The van der Waals surface area contributed by atoms with E-state index in [2.05, 4.69) is 20.9 Å². The number of hydrogen-bond acceptors (Lipinski definition) is 3. The van der Waals surface area contributed by atoms with E-state index in [0.29, 0.717) is 18.8 Å². The Hall–Kier alpha value is -0.940. The fourth-order valence-electron chi connectivity index (χ4n) is 1.95. The van der Waals surface area contributed by atoms with Gasteiger partial charge in [0.25, 0.3) is 5.91 Å². The maximum Gasteiger partial charge on any atom is 0.272 e. The van der Waals surface area contributed by atoms with Crippen LogP contribution >= 0.6 is 15.9 Å². The zero-order valence-electron chi connectivity index (χ0n) is 9.67. The van der Waals surface area contributed by atoms with Crippen molar-refractivity contribution in [1.29, 1.82) is 0 Å². The molecule has 1 fully saturated rings. The van der Waals surface area contributed by atoms with E-state index in [0.717, 1.165) is 5.33 Å². The summed E-state index contributed by atoms with van der Waals surface area (Å²) in [7, 11) is 0. The number of morpholine rings is 1. The summed E-state index contributed by atoms with van der Waals surface area (Å²) in [5, 5.41) is 0.739. The molecule has 0 bridgehead atoms. The highest BCUT2D eigenvalue weighted by Gasteiger charge is 2.28. The summed E-state index contributed by atoms with van der Waals surface area (Å²) in [5.74, 6) is -0.0216. The molecule has 1 aliphatic rings. The van der Waals surface area contributed by atoms with Gasteiger partial charge in [0, 0.05) is 24.6 Å². The molecular formula is C12H15BrN2O2.